The number of nitrogens with two attached hydrogens (primary N) is 1. The average molecular weight is 317 g/mol. The first-order valence-electron chi connectivity index (χ1n) is 8.50. The number of unbranched alkanes of at least 4 members (excludes halogenated alkanes) is 1. The van der Waals surface area contributed by atoms with Crippen LogP contribution in [0.25, 0.3) is 0 Å². The van der Waals surface area contributed by atoms with Gasteiger partial charge in [0.2, 0.25) is 5.91 Å². The Balaban J connectivity index is 1.76. The monoisotopic (exact) mass is 317 g/mol. The van der Waals surface area contributed by atoms with Gasteiger partial charge in [0.15, 0.2) is 0 Å². The lowest BCUT2D eigenvalue weighted by Crippen LogP contribution is -2.30. The first-order chi connectivity index (χ1) is 11.1. The topological polar surface area (TPSA) is 84.2 Å². The molecule has 5 heteroatoms. The van der Waals surface area contributed by atoms with Gasteiger partial charge in [-0.3, -0.25) is 4.79 Å². The Morgan fingerprint density at radius 1 is 1.17 bits per heavy atom. The Morgan fingerprint density at radius 2 is 1.91 bits per heavy atom. The molecule has 1 aliphatic carbocycles. The molecule has 1 atom stereocenters. The number of fused-ring (bicyclic) bond motifs is 1. The number of urea groups is 1. The number of aryl methyl sites for hydroxylation is 2. The molecule has 3 amide bonds. The Kier molecular flexibility index (Phi) is 6.44. The maximum Gasteiger partial charge on any atom is 0.312 e. The Morgan fingerprint density at radius 3 is 2.65 bits per heavy atom. The van der Waals surface area contributed by atoms with E-state index in [0.717, 1.165) is 19.3 Å². The quantitative estimate of drug-likeness (QED) is 0.675. The summed E-state index contributed by atoms with van der Waals surface area (Å²) < 4.78 is 0. The van der Waals surface area contributed by atoms with Crippen LogP contribution in [0.4, 0.5) is 4.79 Å². The molecular formula is C18H27N3O2. The molecule has 4 N–H and O–H groups in total. The number of primary amides is 1. The molecule has 0 saturated carbocycles. The highest BCUT2D eigenvalue weighted by molar-refractivity contribution is 5.76. The minimum atomic E-state index is -0.518. The molecule has 0 saturated heterocycles. The van der Waals surface area contributed by atoms with E-state index >= 15 is 0 Å². The van der Waals surface area contributed by atoms with Crippen molar-refractivity contribution in [2.45, 2.75) is 57.9 Å². The Hall–Kier alpha value is -2.04. The number of amides is 3. The van der Waals surface area contributed by atoms with Crippen LogP contribution in [0, 0.1) is 0 Å². The van der Waals surface area contributed by atoms with E-state index < -0.39 is 6.03 Å². The maximum atomic E-state index is 12.0. The number of hydrogen-bond donors (Lipinski definition) is 3. The van der Waals surface area contributed by atoms with Crippen molar-refractivity contribution >= 4 is 11.9 Å². The molecule has 0 spiro atoms. The molecule has 1 aromatic rings. The molecule has 0 heterocycles. The van der Waals surface area contributed by atoms with Gasteiger partial charge >= 0.3 is 6.03 Å². The standard InChI is InChI=1S/C18H27N3O2/c1-13(21-17(22)8-4-5-11-20-18(19)23)15-10-9-14-6-2-3-7-16(14)12-15/h9-10,12-13H,2-8,11H2,1H3,(H,21,22)(H3,19,20,23). The Labute approximate surface area is 138 Å². The second-order valence-electron chi connectivity index (χ2n) is 6.27. The molecule has 5 nitrogen and oxygen atoms in total. The summed E-state index contributed by atoms with van der Waals surface area (Å²) in [6, 6.07) is 6.10. The van der Waals surface area contributed by atoms with Crippen molar-refractivity contribution in [2.24, 2.45) is 5.73 Å². The summed E-state index contributed by atoms with van der Waals surface area (Å²) in [5.74, 6) is 0.0503. The fourth-order valence-corrected chi connectivity index (χ4v) is 3.04. The van der Waals surface area contributed by atoms with Gasteiger partial charge in [0.25, 0.3) is 0 Å². The van der Waals surface area contributed by atoms with Gasteiger partial charge in [-0.15, -0.1) is 0 Å². The number of nitrogens with one attached hydrogen (secondary N) is 2. The van der Waals surface area contributed by atoms with E-state index in [1.54, 1.807) is 0 Å². The lowest BCUT2D eigenvalue weighted by molar-refractivity contribution is -0.121. The number of benzene rings is 1. The third kappa shape index (κ3) is 5.58. The minimum absolute atomic E-state index is 0.0264. The molecule has 0 radical (unpaired) electrons. The summed E-state index contributed by atoms with van der Waals surface area (Å²) in [5.41, 5.74) is 9.06. The van der Waals surface area contributed by atoms with Crippen LogP contribution in [0.3, 0.4) is 0 Å². The number of carbonyl (C=O) groups excluding carboxylic acids is 2. The second kappa shape index (κ2) is 8.56. The molecular weight excluding hydrogens is 290 g/mol. The van der Waals surface area contributed by atoms with Gasteiger partial charge in [0.05, 0.1) is 6.04 Å². The molecule has 0 fully saturated rings. The van der Waals surface area contributed by atoms with E-state index in [2.05, 4.69) is 28.8 Å². The lowest BCUT2D eigenvalue weighted by Gasteiger charge is -2.20. The SMILES string of the molecule is CC(NC(=O)CCCCNC(N)=O)c1ccc2c(c1)CCCC2. The van der Waals surface area contributed by atoms with Crippen molar-refractivity contribution < 1.29 is 9.59 Å². The summed E-state index contributed by atoms with van der Waals surface area (Å²) in [6.07, 6.45) is 6.83. The molecule has 1 aromatic carbocycles. The van der Waals surface area contributed by atoms with Gasteiger partial charge in [-0.25, -0.2) is 4.79 Å². The largest absolute Gasteiger partial charge is 0.352 e. The van der Waals surface area contributed by atoms with Crippen LogP contribution in [0.15, 0.2) is 18.2 Å². The van der Waals surface area contributed by atoms with E-state index in [0.29, 0.717) is 13.0 Å². The highest BCUT2D eigenvalue weighted by Crippen LogP contribution is 2.24. The van der Waals surface area contributed by atoms with E-state index in [1.165, 1.54) is 36.0 Å². The summed E-state index contributed by atoms with van der Waals surface area (Å²) in [6.45, 7) is 2.54. The zero-order valence-electron chi connectivity index (χ0n) is 13.9. The van der Waals surface area contributed by atoms with Crippen molar-refractivity contribution in [3.63, 3.8) is 0 Å². The number of hydrogen-bond acceptors (Lipinski definition) is 2. The average Bonchev–Trinajstić information content (AvgIpc) is 2.53. The van der Waals surface area contributed by atoms with Gasteiger partial charge in [-0.05, 0) is 62.1 Å². The summed E-state index contributed by atoms with van der Waals surface area (Å²) in [5, 5.41) is 5.57. The molecule has 0 bridgehead atoms. The number of carbonyl (C=O) groups is 2. The summed E-state index contributed by atoms with van der Waals surface area (Å²) in [7, 11) is 0. The van der Waals surface area contributed by atoms with Crippen molar-refractivity contribution in [3.05, 3.63) is 34.9 Å². The zero-order valence-corrected chi connectivity index (χ0v) is 13.9. The maximum absolute atomic E-state index is 12.0. The molecule has 23 heavy (non-hydrogen) atoms. The van der Waals surface area contributed by atoms with E-state index in [-0.39, 0.29) is 11.9 Å². The van der Waals surface area contributed by atoms with Crippen molar-refractivity contribution in [2.75, 3.05) is 6.54 Å². The number of rotatable bonds is 7. The van der Waals surface area contributed by atoms with Crippen LogP contribution >= 0.6 is 0 Å². The highest BCUT2D eigenvalue weighted by atomic mass is 16.2. The third-order valence-electron chi connectivity index (χ3n) is 4.38. The molecule has 2 rings (SSSR count). The van der Waals surface area contributed by atoms with Crippen LogP contribution < -0.4 is 16.4 Å². The third-order valence-corrected chi connectivity index (χ3v) is 4.38. The van der Waals surface area contributed by atoms with Gasteiger partial charge in [0.1, 0.15) is 0 Å². The van der Waals surface area contributed by atoms with Crippen molar-refractivity contribution in [1.29, 1.82) is 0 Å². The zero-order chi connectivity index (χ0) is 16.7. The van der Waals surface area contributed by atoms with Gasteiger partial charge in [-0.1, -0.05) is 18.2 Å². The van der Waals surface area contributed by atoms with Crippen LogP contribution in [0.5, 0.6) is 0 Å². The first-order valence-corrected chi connectivity index (χ1v) is 8.50. The molecule has 126 valence electrons. The predicted octanol–water partition coefficient (Wildman–Crippen LogP) is 2.58. The van der Waals surface area contributed by atoms with Crippen LogP contribution in [0.1, 0.15) is 61.8 Å². The smallest absolute Gasteiger partial charge is 0.312 e. The van der Waals surface area contributed by atoms with Gasteiger partial charge in [0, 0.05) is 13.0 Å². The molecule has 0 aliphatic heterocycles. The fraction of sp³-hybridized carbons (Fsp3) is 0.556. The Bertz CT molecular complexity index is 557. The first kappa shape index (κ1) is 17.3. The van der Waals surface area contributed by atoms with Crippen LogP contribution in [0.2, 0.25) is 0 Å². The normalized spacial score (nSPS) is 14.7. The van der Waals surface area contributed by atoms with Crippen LogP contribution in [-0.2, 0) is 17.6 Å². The fourth-order valence-electron chi connectivity index (χ4n) is 3.04. The van der Waals surface area contributed by atoms with Gasteiger partial charge < -0.3 is 16.4 Å². The second-order valence-corrected chi connectivity index (χ2v) is 6.27. The van der Waals surface area contributed by atoms with E-state index in [4.69, 9.17) is 5.73 Å². The highest BCUT2D eigenvalue weighted by Gasteiger charge is 2.13. The van der Waals surface area contributed by atoms with E-state index in [1.807, 2.05) is 6.92 Å². The summed E-state index contributed by atoms with van der Waals surface area (Å²) >= 11 is 0. The van der Waals surface area contributed by atoms with Crippen LogP contribution in [-0.4, -0.2) is 18.5 Å². The minimum Gasteiger partial charge on any atom is -0.352 e. The lowest BCUT2D eigenvalue weighted by atomic mass is 9.89. The van der Waals surface area contributed by atoms with Crippen molar-refractivity contribution in [3.8, 4) is 0 Å². The summed E-state index contributed by atoms with van der Waals surface area (Å²) in [4.78, 5) is 22.5. The van der Waals surface area contributed by atoms with Gasteiger partial charge in [-0.2, -0.15) is 0 Å². The molecule has 1 aliphatic rings. The van der Waals surface area contributed by atoms with Crippen molar-refractivity contribution in [1.82, 2.24) is 10.6 Å². The molecule has 1 unspecified atom stereocenters. The molecule has 0 aromatic heterocycles. The van der Waals surface area contributed by atoms with E-state index in [9.17, 15) is 9.59 Å². The predicted molar refractivity (Wildman–Crippen MR) is 91.1 cm³/mol.